The van der Waals surface area contributed by atoms with E-state index in [2.05, 4.69) is 50.0 Å². The standard InChI is InChI=1S/C15H21BrN2OS/c16-13-1-2-15-12(9-13)10-14(19-15)11-17-3-4-18-5-7-20-8-6-18/h1-2,9,14,17H,3-8,10-11H2. The Kier molecular flexibility index (Phi) is 5.26. The first kappa shape index (κ1) is 14.7. The molecule has 0 aromatic heterocycles. The fourth-order valence-corrected chi connectivity index (χ4v) is 4.12. The van der Waals surface area contributed by atoms with Gasteiger partial charge < -0.3 is 15.0 Å². The highest BCUT2D eigenvalue weighted by molar-refractivity contribution is 9.10. The van der Waals surface area contributed by atoms with E-state index in [1.807, 2.05) is 6.07 Å². The van der Waals surface area contributed by atoms with Crippen molar-refractivity contribution in [3.05, 3.63) is 28.2 Å². The highest BCUT2D eigenvalue weighted by Gasteiger charge is 2.22. The lowest BCUT2D eigenvalue weighted by Gasteiger charge is -2.26. The van der Waals surface area contributed by atoms with Crippen LogP contribution in [0.3, 0.4) is 0 Å². The van der Waals surface area contributed by atoms with Gasteiger partial charge in [0, 0.05) is 55.1 Å². The Morgan fingerprint density at radius 2 is 2.20 bits per heavy atom. The van der Waals surface area contributed by atoms with E-state index in [4.69, 9.17) is 4.74 Å². The number of rotatable bonds is 5. The molecule has 1 aromatic carbocycles. The van der Waals surface area contributed by atoms with Crippen LogP contribution in [-0.2, 0) is 6.42 Å². The van der Waals surface area contributed by atoms with Crippen molar-refractivity contribution in [1.82, 2.24) is 10.2 Å². The molecular formula is C15H21BrN2OS. The predicted molar refractivity (Wildman–Crippen MR) is 88.9 cm³/mol. The van der Waals surface area contributed by atoms with Gasteiger partial charge in [0.2, 0.25) is 0 Å². The van der Waals surface area contributed by atoms with Crippen LogP contribution in [0.4, 0.5) is 0 Å². The molecule has 2 heterocycles. The molecule has 1 unspecified atom stereocenters. The summed E-state index contributed by atoms with van der Waals surface area (Å²) in [6, 6.07) is 6.27. The number of benzene rings is 1. The maximum atomic E-state index is 5.95. The van der Waals surface area contributed by atoms with E-state index < -0.39 is 0 Å². The number of nitrogens with zero attached hydrogens (tertiary/aromatic N) is 1. The highest BCUT2D eigenvalue weighted by Crippen LogP contribution is 2.30. The number of ether oxygens (including phenoxy) is 1. The molecule has 1 fully saturated rings. The van der Waals surface area contributed by atoms with Gasteiger partial charge in [0.05, 0.1) is 0 Å². The SMILES string of the molecule is Brc1ccc2c(c1)CC(CNCCN1CCSCC1)O2. The largest absolute Gasteiger partial charge is 0.488 e. The van der Waals surface area contributed by atoms with E-state index >= 15 is 0 Å². The third-order valence-corrected chi connectivity index (χ3v) is 5.28. The number of nitrogens with one attached hydrogen (secondary N) is 1. The minimum Gasteiger partial charge on any atom is -0.488 e. The van der Waals surface area contributed by atoms with Gasteiger partial charge in [-0.3, -0.25) is 0 Å². The summed E-state index contributed by atoms with van der Waals surface area (Å²) in [5.41, 5.74) is 1.32. The molecular weight excluding hydrogens is 336 g/mol. The average molecular weight is 357 g/mol. The molecule has 0 radical (unpaired) electrons. The Bertz CT molecular complexity index is 451. The molecule has 5 heteroatoms. The van der Waals surface area contributed by atoms with Crippen molar-refractivity contribution in [2.75, 3.05) is 44.2 Å². The molecule has 3 nitrogen and oxygen atoms in total. The van der Waals surface area contributed by atoms with Gasteiger partial charge in [-0.1, -0.05) is 15.9 Å². The van der Waals surface area contributed by atoms with Gasteiger partial charge >= 0.3 is 0 Å². The van der Waals surface area contributed by atoms with Crippen molar-refractivity contribution in [3.8, 4) is 5.75 Å². The third-order valence-electron chi connectivity index (χ3n) is 3.84. The van der Waals surface area contributed by atoms with Gasteiger partial charge in [0.1, 0.15) is 11.9 Å². The van der Waals surface area contributed by atoms with E-state index in [9.17, 15) is 0 Å². The molecule has 0 saturated carbocycles. The number of fused-ring (bicyclic) bond motifs is 1. The number of hydrogen-bond acceptors (Lipinski definition) is 4. The van der Waals surface area contributed by atoms with Crippen LogP contribution in [0.1, 0.15) is 5.56 Å². The second-order valence-corrected chi connectivity index (χ2v) is 7.49. The first-order chi connectivity index (χ1) is 9.81. The molecule has 1 N–H and O–H groups in total. The fourth-order valence-electron chi connectivity index (χ4n) is 2.73. The van der Waals surface area contributed by atoms with Crippen molar-refractivity contribution in [3.63, 3.8) is 0 Å². The zero-order valence-corrected chi connectivity index (χ0v) is 14.0. The topological polar surface area (TPSA) is 24.5 Å². The normalized spacial score (nSPS) is 22.6. The molecule has 2 aliphatic rings. The van der Waals surface area contributed by atoms with Crippen LogP contribution in [0.2, 0.25) is 0 Å². The Morgan fingerprint density at radius 3 is 3.05 bits per heavy atom. The molecule has 20 heavy (non-hydrogen) atoms. The molecule has 0 spiro atoms. The minimum absolute atomic E-state index is 0.288. The summed E-state index contributed by atoms with van der Waals surface area (Å²) in [7, 11) is 0. The summed E-state index contributed by atoms with van der Waals surface area (Å²) >= 11 is 5.58. The lowest BCUT2D eigenvalue weighted by molar-refractivity contribution is 0.222. The van der Waals surface area contributed by atoms with Gasteiger partial charge in [-0.25, -0.2) is 0 Å². The Labute approximate surface area is 133 Å². The maximum absolute atomic E-state index is 5.95. The van der Waals surface area contributed by atoms with E-state index in [-0.39, 0.29) is 6.10 Å². The van der Waals surface area contributed by atoms with E-state index in [0.717, 1.165) is 36.3 Å². The summed E-state index contributed by atoms with van der Waals surface area (Å²) in [6.07, 6.45) is 1.30. The van der Waals surface area contributed by atoms with Crippen molar-refractivity contribution in [1.29, 1.82) is 0 Å². The van der Waals surface area contributed by atoms with Gasteiger partial charge in [-0.05, 0) is 23.8 Å². The molecule has 3 rings (SSSR count). The number of halogens is 1. The molecule has 0 bridgehead atoms. The van der Waals surface area contributed by atoms with Crippen LogP contribution in [0.25, 0.3) is 0 Å². The Morgan fingerprint density at radius 1 is 1.35 bits per heavy atom. The quantitative estimate of drug-likeness (QED) is 0.818. The van der Waals surface area contributed by atoms with Crippen molar-refractivity contribution in [2.24, 2.45) is 0 Å². The van der Waals surface area contributed by atoms with Crippen molar-refractivity contribution in [2.45, 2.75) is 12.5 Å². The molecule has 2 aliphatic heterocycles. The summed E-state index contributed by atoms with van der Waals surface area (Å²) in [5, 5.41) is 3.54. The zero-order valence-electron chi connectivity index (χ0n) is 11.6. The molecule has 0 amide bonds. The Hall–Kier alpha value is -0.230. The average Bonchev–Trinajstić information content (AvgIpc) is 2.86. The second kappa shape index (κ2) is 7.16. The van der Waals surface area contributed by atoms with Crippen LogP contribution < -0.4 is 10.1 Å². The number of thioether (sulfide) groups is 1. The lowest BCUT2D eigenvalue weighted by Crippen LogP contribution is -2.40. The smallest absolute Gasteiger partial charge is 0.123 e. The summed E-state index contributed by atoms with van der Waals surface area (Å²) < 4.78 is 7.09. The third kappa shape index (κ3) is 3.91. The van der Waals surface area contributed by atoms with Crippen molar-refractivity contribution < 1.29 is 4.74 Å². The first-order valence-corrected chi connectivity index (χ1v) is 9.22. The molecule has 1 atom stereocenters. The van der Waals surface area contributed by atoms with Gasteiger partial charge in [0.25, 0.3) is 0 Å². The summed E-state index contributed by atoms with van der Waals surface area (Å²) in [4.78, 5) is 2.55. The molecule has 0 aliphatic carbocycles. The van der Waals surface area contributed by atoms with E-state index in [1.165, 1.54) is 30.2 Å². The lowest BCUT2D eigenvalue weighted by atomic mass is 10.1. The zero-order chi connectivity index (χ0) is 13.8. The molecule has 1 saturated heterocycles. The van der Waals surface area contributed by atoms with Gasteiger partial charge in [0.15, 0.2) is 0 Å². The maximum Gasteiger partial charge on any atom is 0.123 e. The molecule has 110 valence electrons. The monoisotopic (exact) mass is 356 g/mol. The Balaban J connectivity index is 1.36. The van der Waals surface area contributed by atoms with Gasteiger partial charge in [-0.2, -0.15) is 11.8 Å². The second-order valence-electron chi connectivity index (χ2n) is 5.35. The summed E-state index contributed by atoms with van der Waals surface area (Å²) in [6.45, 7) is 5.64. The van der Waals surface area contributed by atoms with Crippen LogP contribution in [0.5, 0.6) is 5.75 Å². The van der Waals surface area contributed by atoms with Crippen LogP contribution in [0, 0.1) is 0 Å². The minimum atomic E-state index is 0.288. The van der Waals surface area contributed by atoms with Crippen LogP contribution in [0.15, 0.2) is 22.7 Å². The summed E-state index contributed by atoms with van der Waals surface area (Å²) in [5.74, 6) is 3.62. The van der Waals surface area contributed by atoms with Crippen molar-refractivity contribution >= 4 is 27.7 Å². The highest BCUT2D eigenvalue weighted by atomic mass is 79.9. The van der Waals surface area contributed by atoms with Crippen LogP contribution >= 0.6 is 27.7 Å². The van der Waals surface area contributed by atoms with Gasteiger partial charge in [-0.15, -0.1) is 0 Å². The molecule has 1 aromatic rings. The van der Waals surface area contributed by atoms with E-state index in [0.29, 0.717) is 0 Å². The van der Waals surface area contributed by atoms with E-state index in [1.54, 1.807) is 0 Å². The predicted octanol–water partition coefficient (Wildman–Crippen LogP) is 2.39. The first-order valence-electron chi connectivity index (χ1n) is 7.27. The van der Waals surface area contributed by atoms with Crippen LogP contribution in [-0.4, -0.2) is 55.2 Å². The fraction of sp³-hybridized carbons (Fsp3) is 0.600. The number of hydrogen-bond donors (Lipinski definition) is 1.